The van der Waals surface area contributed by atoms with E-state index < -0.39 is 0 Å². The highest BCUT2D eigenvalue weighted by molar-refractivity contribution is 5.31. The van der Waals surface area contributed by atoms with Gasteiger partial charge in [0.1, 0.15) is 11.4 Å². The van der Waals surface area contributed by atoms with Crippen molar-refractivity contribution in [2.75, 3.05) is 26.9 Å². The first-order chi connectivity index (χ1) is 7.31. The minimum Gasteiger partial charge on any atom is -0.495 e. The number of methoxy groups -OCH3 is 1. The van der Waals surface area contributed by atoms with E-state index in [2.05, 4.69) is 10.3 Å². The second-order valence-corrected chi connectivity index (χ2v) is 3.62. The molecule has 82 valence electrons. The van der Waals surface area contributed by atoms with E-state index in [9.17, 15) is 0 Å². The number of hydrogen-bond acceptors (Lipinski definition) is 4. The maximum atomic E-state index is 5.42. The first-order valence-electron chi connectivity index (χ1n) is 5.14. The molecule has 0 aromatic carbocycles. The Kier molecular flexibility index (Phi) is 3.18. The molecule has 2 rings (SSSR count). The molecule has 4 nitrogen and oxygen atoms in total. The van der Waals surface area contributed by atoms with Gasteiger partial charge in [0.2, 0.25) is 0 Å². The van der Waals surface area contributed by atoms with Crippen molar-refractivity contribution in [1.82, 2.24) is 10.3 Å². The third-order valence-corrected chi connectivity index (χ3v) is 2.50. The van der Waals surface area contributed by atoms with Crippen molar-refractivity contribution in [3.05, 3.63) is 23.5 Å². The molecule has 1 N–H and O–H groups in total. The van der Waals surface area contributed by atoms with E-state index in [1.165, 1.54) is 0 Å². The zero-order valence-electron chi connectivity index (χ0n) is 9.12. The number of aromatic nitrogens is 1. The first kappa shape index (κ1) is 10.4. The van der Waals surface area contributed by atoms with Gasteiger partial charge >= 0.3 is 0 Å². The highest BCUT2D eigenvalue weighted by atomic mass is 16.5. The van der Waals surface area contributed by atoms with Crippen LogP contribution in [-0.4, -0.2) is 31.9 Å². The molecule has 1 aliphatic rings. The molecule has 2 heterocycles. The van der Waals surface area contributed by atoms with Crippen molar-refractivity contribution in [1.29, 1.82) is 0 Å². The molecule has 0 radical (unpaired) electrons. The van der Waals surface area contributed by atoms with Crippen LogP contribution in [-0.2, 0) is 4.74 Å². The largest absolute Gasteiger partial charge is 0.495 e. The second kappa shape index (κ2) is 4.59. The molecular formula is C11H16N2O2. The number of pyridine rings is 1. The molecule has 0 bridgehead atoms. The van der Waals surface area contributed by atoms with Crippen molar-refractivity contribution < 1.29 is 9.47 Å². The summed E-state index contributed by atoms with van der Waals surface area (Å²) in [7, 11) is 1.67. The van der Waals surface area contributed by atoms with E-state index >= 15 is 0 Å². The number of morpholine rings is 1. The van der Waals surface area contributed by atoms with E-state index in [4.69, 9.17) is 9.47 Å². The molecule has 15 heavy (non-hydrogen) atoms. The third kappa shape index (κ3) is 2.27. The Labute approximate surface area is 89.6 Å². The van der Waals surface area contributed by atoms with Crippen LogP contribution < -0.4 is 10.1 Å². The molecule has 0 amide bonds. The first-order valence-corrected chi connectivity index (χ1v) is 5.14. The summed E-state index contributed by atoms with van der Waals surface area (Å²) in [5.41, 5.74) is 1.94. The molecule has 0 aliphatic carbocycles. The van der Waals surface area contributed by atoms with Crippen molar-refractivity contribution >= 4 is 0 Å². The van der Waals surface area contributed by atoms with Crippen molar-refractivity contribution in [3.8, 4) is 5.75 Å². The summed E-state index contributed by atoms with van der Waals surface area (Å²) in [6.07, 6.45) is 0. The summed E-state index contributed by atoms with van der Waals surface area (Å²) in [6.45, 7) is 4.27. The Morgan fingerprint density at radius 2 is 2.40 bits per heavy atom. The lowest BCUT2D eigenvalue weighted by Gasteiger charge is -2.24. The molecule has 0 spiro atoms. The molecule has 1 aromatic rings. The fourth-order valence-corrected chi connectivity index (χ4v) is 1.73. The summed E-state index contributed by atoms with van der Waals surface area (Å²) in [5.74, 6) is 0.823. The molecule has 0 saturated carbocycles. The van der Waals surface area contributed by atoms with Gasteiger partial charge in [0.25, 0.3) is 0 Å². The highest BCUT2D eigenvalue weighted by Gasteiger charge is 2.20. The average molecular weight is 208 g/mol. The summed E-state index contributed by atoms with van der Waals surface area (Å²) in [5, 5.41) is 3.37. The van der Waals surface area contributed by atoms with Gasteiger partial charge in [0, 0.05) is 12.2 Å². The molecule has 1 unspecified atom stereocenters. The van der Waals surface area contributed by atoms with Gasteiger partial charge in [-0.05, 0) is 19.1 Å². The Bertz CT molecular complexity index is 335. The lowest BCUT2D eigenvalue weighted by Crippen LogP contribution is -2.35. The number of rotatable bonds is 2. The predicted molar refractivity (Wildman–Crippen MR) is 57.1 cm³/mol. The molecular weight excluding hydrogens is 192 g/mol. The van der Waals surface area contributed by atoms with Gasteiger partial charge in [-0.25, -0.2) is 0 Å². The van der Waals surface area contributed by atoms with Gasteiger partial charge in [0.05, 0.1) is 26.4 Å². The Morgan fingerprint density at radius 3 is 3.07 bits per heavy atom. The Morgan fingerprint density at radius 1 is 1.53 bits per heavy atom. The standard InChI is InChI=1S/C11H16N2O2/c1-8-3-4-10(14-2)11(13-8)9-7-15-6-5-12-9/h3-4,9,12H,5-7H2,1-2H3. The van der Waals surface area contributed by atoms with Crippen LogP contribution in [0.3, 0.4) is 0 Å². The maximum absolute atomic E-state index is 5.42. The molecule has 1 atom stereocenters. The fourth-order valence-electron chi connectivity index (χ4n) is 1.73. The number of ether oxygens (including phenoxy) is 2. The van der Waals surface area contributed by atoms with Crippen molar-refractivity contribution in [2.24, 2.45) is 0 Å². The third-order valence-electron chi connectivity index (χ3n) is 2.50. The second-order valence-electron chi connectivity index (χ2n) is 3.62. The zero-order chi connectivity index (χ0) is 10.7. The summed E-state index contributed by atoms with van der Waals surface area (Å²) < 4.78 is 10.7. The molecule has 1 fully saturated rings. The van der Waals surface area contributed by atoms with Crippen LogP contribution in [0.15, 0.2) is 12.1 Å². The monoisotopic (exact) mass is 208 g/mol. The van der Waals surface area contributed by atoms with Gasteiger partial charge in [-0.3, -0.25) is 4.98 Å². The fraction of sp³-hybridized carbons (Fsp3) is 0.545. The summed E-state index contributed by atoms with van der Waals surface area (Å²) in [4.78, 5) is 4.50. The lowest BCUT2D eigenvalue weighted by atomic mass is 10.1. The minimum atomic E-state index is 0.147. The number of nitrogens with one attached hydrogen (secondary N) is 1. The summed E-state index contributed by atoms with van der Waals surface area (Å²) in [6, 6.07) is 4.05. The molecule has 1 saturated heterocycles. The Hall–Kier alpha value is -1.13. The van der Waals surface area contributed by atoms with Gasteiger partial charge < -0.3 is 14.8 Å². The van der Waals surface area contributed by atoms with Crippen molar-refractivity contribution in [2.45, 2.75) is 13.0 Å². The van der Waals surface area contributed by atoms with Crippen LogP contribution in [0.1, 0.15) is 17.4 Å². The van der Waals surface area contributed by atoms with E-state index in [0.29, 0.717) is 6.61 Å². The SMILES string of the molecule is COc1ccc(C)nc1C1COCCN1. The van der Waals surface area contributed by atoms with Gasteiger partial charge in [-0.15, -0.1) is 0 Å². The van der Waals surface area contributed by atoms with Crippen LogP contribution in [0.5, 0.6) is 5.75 Å². The highest BCUT2D eigenvalue weighted by Crippen LogP contribution is 2.24. The van der Waals surface area contributed by atoms with E-state index in [1.807, 2.05) is 19.1 Å². The summed E-state index contributed by atoms with van der Waals surface area (Å²) >= 11 is 0. The van der Waals surface area contributed by atoms with E-state index in [1.54, 1.807) is 7.11 Å². The molecule has 1 aliphatic heterocycles. The topological polar surface area (TPSA) is 43.4 Å². The number of aryl methyl sites for hydroxylation is 1. The molecule has 4 heteroatoms. The van der Waals surface area contributed by atoms with Crippen LogP contribution in [0.25, 0.3) is 0 Å². The number of hydrogen-bond donors (Lipinski definition) is 1. The quantitative estimate of drug-likeness (QED) is 0.789. The van der Waals surface area contributed by atoms with Crippen LogP contribution in [0, 0.1) is 6.92 Å². The van der Waals surface area contributed by atoms with E-state index in [0.717, 1.165) is 30.3 Å². The minimum absolute atomic E-state index is 0.147. The normalized spacial score (nSPS) is 21.3. The lowest BCUT2D eigenvalue weighted by molar-refractivity contribution is 0.0746. The van der Waals surface area contributed by atoms with Crippen LogP contribution in [0.4, 0.5) is 0 Å². The Balaban J connectivity index is 2.27. The van der Waals surface area contributed by atoms with Gasteiger partial charge in [-0.2, -0.15) is 0 Å². The number of nitrogens with zero attached hydrogens (tertiary/aromatic N) is 1. The maximum Gasteiger partial charge on any atom is 0.142 e. The van der Waals surface area contributed by atoms with E-state index in [-0.39, 0.29) is 6.04 Å². The smallest absolute Gasteiger partial charge is 0.142 e. The van der Waals surface area contributed by atoms with Crippen molar-refractivity contribution in [3.63, 3.8) is 0 Å². The van der Waals surface area contributed by atoms with Gasteiger partial charge in [0.15, 0.2) is 0 Å². The van der Waals surface area contributed by atoms with Crippen LogP contribution in [0.2, 0.25) is 0 Å². The molecule has 1 aromatic heterocycles. The average Bonchev–Trinajstić information content (AvgIpc) is 2.30. The zero-order valence-corrected chi connectivity index (χ0v) is 9.12. The predicted octanol–water partition coefficient (Wildman–Crippen LogP) is 1.06. The van der Waals surface area contributed by atoms with Crippen LogP contribution >= 0.6 is 0 Å². The van der Waals surface area contributed by atoms with Gasteiger partial charge in [-0.1, -0.05) is 0 Å².